The number of amides is 4. The Morgan fingerprint density at radius 1 is 1.06 bits per heavy atom. The van der Waals surface area contributed by atoms with Crippen LogP contribution in [0.25, 0.3) is 0 Å². The number of benzene rings is 1. The third-order valence-electron chi connectivity index (χ3n) is 1.94. The Morgan fingerprint density at radius 2 is 1.67 bits per heavy atom. The van der Waals surface area contributed by atoms with E-state index >= 15 is 0 Å². The van der Waals surface area contributed by atoms with Crippen LogP contribution in [0.3, 0.4) is 0 Å². The minimum atomic E-state index is -0.656. The monoisotopic (exact) mass is 254 g/mol. The van der Waals surface area contributed by atoms with Gasteiger partial charge in [0.05, 0.1) is 11.4 Å². The number of rotatable bonds is 3. The number of nitrogens with zero attached hydrogens (tertiary/aromatic N) is 1. The normalized spacial score (nSPS) is 9.28. The van der Waals surface area contributed by atoms with Crippen LogP contribution < -0.4 is 44.2 Å². The van der Waals surface area contributed by atoms with Crippen molar-refractivity contribution < 1.29 is 9.59 Å². The summed E-state index contributed by atoms with van der Waals surface area (Å²) in [4.78, 5) is 21.9. The summed E-state index contributed by atoms with van der Waals surface area (Å²) >= 11 is 0. The van der Waals surface area contributed by atoms with Crippen molar-refractivity contribution in [3.05, 3.63) is 24.3 Å². The molecular formula is C8H14N8O2. The molecule has 0 heterocycles. The van der Waals surface area contributed by atoms with E-state index < -0.39 is 12.1 Å². The van der Waals surface area contributed by atoms with Gasteiger partial charge in [0.25, 0.3) is 0 Å². The van der Waals surface area contributed by atoms with Crippen LogP contribution in [0.1, 0.15) is 0 Å². The molecule has 4 amide bonds. The maximum absolute atomic E-state index is 11.1. The molecular weight excluding hydrogens is 240 g/mol. The number of anilines is 2. The smallest absolute Gasteiger partial charge is 0.297 e. The zero-order valence-electron chi connectivity index (χ0n) is 9.31. The second kappa shape index (κ2) is 6.24. The lowest BCUT2D eigenvalue weighted by Gasteiger charge is -2.16. The Morgan fingerprint density at radius 3 is 2.17 bits per heavy atom. The van der Waals surface area contributed by atoms with Crippen molar-refractivity contribution in [2.24, 2.45) is 17.5 Å². The van der Waals surface area contributed by atoms with E-state index in [2.05, 4.69) is 10.9 Å². The number of carbonyl (C=O) groups excluding carboxylic acids is 2. The highest BCUT2D eigenvalue weighted by atomic mass is 16.2. The molecule has 0 spiro atoms. The van der Waals surface area contributed by atoms with Crippen LogP contribution >= 0.6 is 0 Å². The molecule has 18 heavy (non-hydrogen) atoms. The van der Waals surface area contributed by atoms with E-state index in [0.717, 1.165) is 5.01 Å². The topological polar surface area (TPSA) is 164 Å². The first-order valence-corrected chi connectivity index (χ1v) is 4.76. The number of hydrazine groups is 4. The van der Waals surface area contributed by atoms with E-state index in [9.17, 15) is 9.59 Å². The van der Waals surface area contributed by atoms with E-state index in [0.29, 0.717) is 11.4 Å². The molecule has 0 fully saturated rings. The van der Waals surface area contributed by atoms with Crippen molar-refractivity contribution in [1.29, 1.82) is 0 Å². The second-order valence-corrected chi connectivity index (χ2v) is 3.09. The molecule has 0 aliphatic heterocycles. The predicted molar refractivity (Wildman–Crippen MR) is 65.3 cm³/mol. The van der Waals surface area contributed by atoms with Crippen molar-refractivity contribution in [3.8, 4) is 0 Å². The average Bonchev–Trinajstić information content (AvgIpc) is 2.43. The summed E-state index contributed by atoms with van der Waals surface area (Å²) < 4.78 is 0. The molecule has 98 valence electrons. The van der Waals surface area contributed by atoms with E-state index in [-0.39, 0.29) is 0 Å². The SMILES string of the molecule is NNC(=O)NNc1ccc(N(N)C(=O)NN)cc1. The maximum atomic E-state index is 11.1. The Labute approximate surface area is 102 Å². The van der Waals surface area contributed by atoms with Crippen LogP contribution in [0.2, 0.25) is 0 Å². The first kappa shape index (κ1) is 13.5. The van der Waals surface area contributed by atoms with Gasteiger partial charge in [0.2, 0.25) is 0 Å². The molecule has 0 aliphatic carbocycles. The molecule has 0 saturated carbocycles. The summed E-state index contributed by atoms with van der Waals surface area (Å²) in [7, 11) is 0. The number of nitrogens with one attached hydrogen (secondary N) is 4. The van der Waals surface area contributed by atoms with Crippen LogP contribution in [0.15, 0.2) is 24.3 Å². The summed E-state index contributed by atoms with van der Waals surface area (Å²) in [6.07, 6.45) is 0. The molecule has 0 atom stereocenters. The number of hydrogen-bond acceptors (Lipinski definition) is 6. The van der Waals surface area contributed by atoms with Crippen molar-refractivity contribution in [2.45, 2.75) is 0 Å². The third kappa shape index (κ3) is 3.48. The molecule has 1 rings (SSSR count). The van der Waals surface area contributed by atoms with Crippen molar-refractivity contribution in [1.82, 2.24) is 16.3 Å². The van der Waals surface area contributed by atoms with Crippen molar-refractivity contribution in [2.75, 3.05) is 10.4 Å². The third-order valence-corrected chi connectivity index (χ3v) is 1.94. The first-order valence-electron chi connectivity index (χ1n) is 4.76. The van der Waals surface area contributed by atoms with Gasteiger partial charge in [-0.1, -0.05) is 0 Å². The lowest BCUT2D eigenvalue weighted by Crippen LogP contribution is -2.47. The summed E-state index contributed by atoms with van der Waals surface area (Å²) in [5.74, 6) is 15.3. The second-order valence-electron chi connectivity index (χ2n) is 3.09. The predicted octanol–water partition coefficient (Wildman–Crippen LogP) is -1.55. The van der Waals surface area contributed by atoms with E-state index in [1.165, 1.54) is 0 Å². The lowest BCUT2D eigenvalue weighted by atomic mass is 10.3. The van der Waals surface area contributed by atoms with Gasteiger partial charge in [-0.05, 0) is 24.3 Å². The van der Waals surface area contributed by atoms with Crippen molar-refractivity contribution >= 4 is 23.4 Å². The molecule has 10 N–H and O–H groups in total. The largest absolute Gasteiger partial charge is 0.350 e. The number of urea groups is 2. The molecule has 1 aromatic rings. The zero-order chi connectivity index (χ0) is 13.5. The van der Waals surface area contributed by atoms with Crippen LogP contribution in [-0.4, -0.2) is 12.1 Å². The molecule has 10 nitrogen and oxygen atoms in total. The highest BCUT2D eigenvalue weighted by molar-refractivity contribution is 5.90. The Kier molecular flexibility index (Phi) is 4.68. The lowest BCUT2D eigenvalue weighted by molar-refractivity contribution is 0.243. The Bertz CT molecular complexity index is 420. The summed E-state index contributed by atoms with van der Waals surface area (Å²) in [5.41, 5.74) is 9.61. The van der Waals surface area contributed by atoms with Crippen LogP contribution in [0.5, 0.6) is 0 Å². The van der Waals surface area contributed by atoms with Gasteiger partial charge in [-0.15, -0.1) is 0 Å². The first-order chi connectivity index (χ1) is 8.58. The molecule has 0 unspecified atom stereocenters. The minimum Gasteiger partial charge on any atom is -0.297 e. The fraction of sp³-hybridized carbons (Fsp3) is 0. The van der Waals surface area contributed by atoms with E-state index in [4.69, 9.17) is 17.5 Å². The van der Waals surface area contributed by atoms with Gasteiger partial charge >= 0.3 is 12.1 Å². The van der Waals surface area contributed by atoms with Gasteiger partial charge in [0, 0.05) is 0 Å². The fourth-order valence-corrected chi connectivity index (χ4v) is 1.06. The summed E-state index contributed by atoms with van der Waals surface area (Å²) in [6, 6.07) is 5.04. The number of hydrogen-bond donors (Lipinski definition) is 7. The molecule has 0 saturated heterocycles. The van der Waals surface area contributed by atoms with Crippen LogP contribution in [0.4, 0.5) is 21.0 Å². The number of nitrogens with two attached hydrogens (primary N) is 3. The van der Waals surface area contributed by atoms with Crippen LogP contribution in [-0.2, 0) is 0 Å². The van der Waals surface area contributed by atoms with Crippen LogP contribution in [0, 0.1) is 0 Å². The zero-order valence-corrected chi connectivity index (χ0v) is 9.31. The number of carbonyl (C=O) groups is 2. The Hall–Kier alpha value is -2.56. The van der Waals surface area contributed by atoms with Gasteiger partial charge < -0.3 is 0 Å². The molecule has 0 aromatic heterocycles. The highest BCUT2D eigenvalue weighted by Crippen LogP contribution is 2.15. The Balaban J connectivity index is 2.62. The molecule has 1 aromatic carbocycles. The average molecular weight is 254 g/mol. The van der Waals surface area contributed by atoms with Crippen molar-refractivity contribution in [3.63, 3.8) is 0 Å². The minimum absolute atomic E-state index is 0.423. The summed E-state index contributed by atoms with van der Waals surface area (Å²) in [6.45, 7) is 0. The molecule has 0 aliphatic rings. The molecule has 0 bridgehead atoms. The molecule has 10 heteroatoms. The van der Waals surface area contributed by atoms with E-state index in [1.54, 1.807) is 24.3 Å². The summed E-state index contributed by atoms with van der Waals surface area (Å²) in [5, 5.41) is 0.837. The van der Waals surface area contributed by atoms with Gasteiger partial charge in [-0.25, -0.2) is 32.1 Å². The highest BCUT2D eigenvalue weighted by Gasteiger charge is 2.09. The fourth-order valence-electron chi connectivity index (χ4n) is 1.06. The van der Waals surface area contributed by atoms with Gasteiger partial charge in [0.1, 0.15) is 0 Å². The van der Waals surface area contributed by atoms with Gasteiger partial charge in [-0.2, -0.15) is 0 Å². The maximum Gasteiger partial charge on any atom is 0.350 e. The molecule has 0 radical (unpaired) electrons. The standard InChI is InChI=1S/C8H14N8O2/c9-12-7(17)15-14-5-1-3-6(4-2-5)16(11)8(18)13-10/h1-4,14H,9-11H2,(H,13,18)(H2,12,15,17). The quantitative estimate of drug-likeness (QED) is 0.196. The van der Waals surface area contributed by atoms with E-state index in [1.807, 2.05) is 10.9 Å². The van der Waals surface area contributed by atoms with Gasteiger partial charge in [0.15, 0.2) is 0 Å². The van der Waals surface area contributed by atoms with Gasteiger partial charge in [-0.3, -0.25) is 21.7 Å².